The molecule has 17 heavy (non-hydrogen) atoms. The third-order valence-electron chi connectivity index (χ3n) is 3.69. The first-order valence-corrected chi connectivity index (χ1v) is 6.46. The Hall–Kier alpha value is -0.800. The van der Waals surface area contributed by atoms with Crippen molar-refractivity contribution in [2.24, 2.45) is 0 Å². The van der Waals surface area contributed by atoms with Gasteiger partial charge in [0, 0.05) is 24.7 Å². The molecule has 0 saturated carbocycles. The van der Waals surface area contributed by atoms with Gasteiger partial charge in [-0.15, -0.1) is 0 Å². The van der Waals surface area contributed by atoms with Gasteiger partial charge in [-0.2, -0.15) is 0 Å². The van der Waals surface area contributed by atoms with Gasteiger partial charge in [0.05, 0.1) is 6.04 Å². The molecule has 0 bridgehead atoms. The highest BCUT2D eigenvalue weighted by molar-refractivity contribution is 5.10. The summed E-state index contributed by atoms with van der Waals surface area (Å²) in [7, 11) is 0. The van der Waals surface area contributed by atoms with Gasteiger partial charge in [0.25, 0.3) is 0 Å². The van der Waals surface area contributed by atoms with E-state index >= 15 is 0 Å². The molecule has 0 radical (unpaired) electrons. The molecule has 2 heterocycles. The summed E-state index contributed by atoms with van der Waals surface area (Å²) >= 11 is 0. The van der Waals surface area contributed by atoms with E-state index in [-0.39, 0.29) is 5.54 Å². The molecule has 1 aromatic heterocycles. The van der Waals surface area contributed by atoms with Crippen LogP contribution in [0.5, 0.6) is 0 Å². The van der Waals surface area contributed by atoms with Crippen LogP contribution in [0.15, 0.2) is 16.5 Å². The molecular weight excluding hydrogens is 212 g/mol. The van der Waals surface area contributed by atoms with Crippen LogP contribution in [0, 0.1) is 6.92 Å². The van der Waals surface area contributed by atoms with Gasteiger partial charge in [0.15, 0.2) is 0 Å². The highest BCUT2D eigenvalue weighted by atomic mass is 16.3. The van der Waals surface area contributed by atoms with Gasteiger partial charge >= 0.3 is 0 Å². The average Bonchev–Trinajstić information content (AvgIpc) is 2.68. The molecule has 1 aliphatic heterocycles. The fourth-order valence-corrected chi connectivity index (χ4v) is 2.57. The Morgan fingerprint density at radius 2 is 2.18 bits per heavy atom. The number of furan rings is 1. The van der Waals surface area contributed by atoms with Crippen LogP contribution in [0.3, 0.4) is 0 Å². The minimum absolute atomic E-state index is 0.183. The van der Waals surface area contributed by atoms with E-state index in [0.717, 1.165) is 24.6 Å². The lowest BCUT2D eigenvalue weighted by Gasteiger charge is -2.45. The standard InChI is InChI=1S/C14H24N2O/c1-10-8-15-14(4,5)9-16(10)12(3)13-7-6-11(2)17-13/h6-7,10,12,15H,8-9H2,1-5H3. The lowest BCUT2D eigenvalue weighted by molar-refractivity contribution is 0.0599. The van der Waals surface area contributed by atoms with Crippen molar-refractivity contribution >= 4 is 0 Å². The zero-order valence-electron chi connectivity index (χ0n) is 11.6. The van der Waals surface area contributed by atoms with E-state index in [1.807, 2.05) is 13.0 Å². The molecule has 1 aliphatic rings. The number of piperazine rings is 1. The van der Waals surface area contributed by atoms with Gasteiger partial charge in [-0.25, -0.2) is 0 Å². The average molecular weight is 236 g/mol. The van der Waals surface area contributed by atoms with Crippen LogP contribution in [-0.4, -0.2) is 29.6 Å². The summed E-state index contributed by atoms with van der Waals surface area (Å²) < 4.78 is 5.75. The highest BCUT2D eigenvalue weighted by Gasteiger charge is 2.34. The van der Waals surface area contributed by atoms with Crippen molar-refractivity contribution in [2.45, 2.75) is 52.2 Å². The fraction of sp³-hybridized carbons (Fsp3) is 0.714. The van der Waals surface area contributed by atoms with Crippen molar-refractivity contribution < 1.29 is 4.42 Å². The Morgan fingerprint density at radius 3 is 2.76 bits per heavy atom. The van der Waals surface area contributed by atoms with Crippen molar-refractivity contribution in [3.05, 3.63) is 23.7 Å². The number of nitrogens with zero attached hydrogens (tertiary/aromatic N) is 1. The second-order valence-electron chi connectivity index (χ2n) is 5.91. The van der Waals surface area contributed by atoms with E-state index in [1.54, 1.807) is 0 Å². The van der Waals surface area contributed by atoms with Crippen molar-refractivity contribution in [2.75, 3.05) is 13.1 Å². The maximum absolute atomic E-state index is 5.75. The minimum Gasteiger partial charge on any atom is -0.465 e. The van der Waals surface area contributed by atoms with E-state index in [0.29, 0.717) is 12.1 Å². The Labute approximate surface area is 104 Å². The quantitative estimate of drug-likeness (QED) is 0.856. The molecule has 0 aliphatic carbocycles. The molecule has 1 saturated heterocycles. The lowest BCUT2D eigenvalue weighted by atomic mass is 9.97. The number of hydrogen-bond donors (Lipinski definition) is 1. The molecule has 0 aromatic carbocycles. The second-order valence-corrected chi connectivity index (χ2v) is 5.91. The van der Waals surface area contributed by atoms with Gasteiger partial charge in [-0.05, 0) is 46.8 Å². The Morgan fingerprint density at radius 1 is 1.47 bits per heavy atom. The third kappa shape index (κ3) is 2.72. The first kappa shape index (κ1) is 12.7. The normalized spacial score (nSPS) is 27.0. The Balaban J connectivity index is 2.14. The molecule has 96 valence electrons. The SMILES string of the molecule is Cc1ccc(C(C)N2CC(C)(C)NCC2C)o1. The van der Waals surface area contributed by atoms with Crippen LogP contribution in [-0.2, 0) is 0 Å². The highest BCUT2D eigenvalue weighted by Crippen LogP contribution is 2.28. The fourth-order valence-electron chi connectivity index (χ4n) is 2.57. The van der Waals surface area contributed by atoms with Crippen LogP contribution in [0.1, 0.15) is 45.3 Å². The summed E-state index contributed by atoms with van der Waals surface area (Å²) in [4.78, 5) is 2.52. The first-order valence-electron chi connectivity index (χ1n) is 6.46. The summed E-state index contributed by atoms with van der Waals surface area (Å²) in [6.07, 6.45) is 0. The van der Waals surface area contributed by atoms with E-state index in [2.05, 4.69) is 44.0 Å². The maximum Gasteiger partial charge on any atom is 0.121 e. The monoisotopic (exact) mass is 236 g/mol. The zero-order chi connectivity index (χ0) is 12.6. The van der Waals surface area contributed by atoms with E-state index < -0.39 is 0 Å². The van der Waals surface area contributed by atoms with Gasteiger partial charge in [0.2, 0.25) is 0 Å². The topological polar surface area (TPSA) is 28.4 Å². The van der Waals surface area contributed by atoms with Crippen molar-refractivity contribution in [1.82, 2.24) is 10.2 Å². The maximum atomic E-state index is 5.75. The number of rotatable bonds is 2. The number of hydrogen-bond acceptors (Lipinski definition) is 3. The predicted molar refractivity (Wildman–Crippen MR) is 70.1 cm³/mol. The molecule has 2 atom stereocenters. The molecule has 2 unspecified atom stereocenters. The summed E-state index contributed by atoms with van der Waals surface area (Å²) in [5.41, 5.74) is 0.183. The largest absolute Gasteiger partial charge is 0.465 e. The predicted octanol–water partition coefficient (Wildman–Crippen LogP) is 2.72. The van der Waals surface area contributed by atoms with E-state index in [9.17, 15) is 0 Å². The number of aryl methyl sites for hydroxylation is 1. The van der Waals surface area contributed by atoms with Crippen molar-refractivity contribution in [3.63, 3.8) is 0 Å². The smallest absolute Gasteiger partial charge is 0.121 e. The van der Waals surface area contributed by atoms with Crippen molar-refractivity contribution in [1.29, 1.82) is 0 Å². The molecular formula is C14H24N2O. The van der Waals surface area contributed by atoms with Gasteiger partial charge in [0.1, 0.15) is 11.5 Å². The Kier molecular flexibility index (Phi) is 3.32. The van der Waals surface area contributed by atoms with Crippen LogP contribution in [0.2, 0.25) is 0 Å². The molecule has 3 heteroatoms. The first-order chi connectivity index (χ1) is 7.89. The van der Waals surface area contributed by atoms with Crippen LogP contribution < -0.4 is 5.32 Å². The van der Waals surface area contributed by atoms with Crippen LogP contribution in [0.4, 0.5) is 0 Å². The molecule has 2 rings (SSSR count). The molecule has 1 aromatic rings. The summed E-state index contributed by atoms with van der Waals surface area (Å²) in [5.74, 6) is 2.07. The molecule has 3 nitrogen and oxygen atoms in total. The second kappa shape index (κ2) is 4.46. The van der Waals surface area contributed by atoms with Gasteiger partial charge in [-0.1, -0.05) is 0 Å². The summed E-state index contributed by atoms with van der Waals surface area (Å²) in [6, 6.07) is 5.04. The van der Waals surface area contributed by atoms with Crippen LogP contribution >= 0.6 is 0 Å². The number of nitrogens with one attached hydrogen (secondary N) is 1. The Bertz CT molecular complexity index is 383. The van der Waals surface area contributed by atoms with Crippen LogP contribution in [0.25, 0.3) is 0 Å². The minimum atomic E-state index is 0.183. The third-order valence-corrected chi connectivity index (χ3v) is 3.69. The van der Waals surface area contributed by atoms with Gasteiger partial charge in [-0.3, -0.25) is 4.90 Å². The molecule has 1 N–H and O–H groups in total. The molecule has 0 spiro atoms. The summed E-state index contributed by atoms with van der Waals surface area (Å²) in [5, 5.41) is 3.58. The van der Waals surface area contributed by atoms with Crippen molar-refractivity contribution in [3.8, 4) is 0 Å². The summed E-state index contributed by atoms with van der Waals surface area (Å²) in [6.45, 7) is 13.1. The van der Waals surface area contributed by atoms with E-state index in [1.165, 1.54) is 0 Å². The molecule has 0 amide bonds. The van der Waals surface area contributed by atoms with E-state index in [4.69, 9.17) is 4.42 Å². The lowest BCUT2D eigenvalue weighted by Crippen LogP contribution is -2.61. The van der Waals surface area contributed by atoms with Gasteiger partial charge < -0.3 is 9.73 Å². The zero-order valence-corrected chi connectivity index (χ0v) is 11.6. The molecule has 1 fully saturated rings.